The quantitative estimate of drug-likeness (QED) is 0.889. The average molecular weight is 286 g/mol. The van der Waals surface area contributed by atoms with Crippen molar-refractivity contribution >= 4 is 27.8 Å². The molecule has 2 N–H and O–H groups in total. The first-order valence-electron chi connectivity index (χ1n) is 4.76. The SMILES string of the molecule is Cc1cc(Br)cc(C(=O)NCCC(=O)O)c1. The lowest BCUT2D eigenvalue weighted by molar-refractivity contribution is -0.136. The minimum atomic E-state index is -0.925. The molecule has 1 rings (SSSR count). The predicted molar refractivity (Wildman–Crippen MR) is 63.5 cm³/mol. The van der Waals surface area contributed by atoms with Crippen LogP contribution in [0.25, 0.3) is 0 Å². The molecule has 4 nitrogen and oxygen atoms in total. The van der Waals surface area contributed by atoms with Gasteiger partial charge in [-0.1, -0.05) is 15.9 Å². The molecule has 0 heterocycles. The Balaban J connectivity index is 2.62. The van der Waals surface area contributed by atoms with E-state index < -0.39 is 5.97 Å². The molecule has 0 unspecified atom stereocenters. The van der Waals surface area contributed by atoms with Crippen molar-refractivity contribution in [2.24, 2.45) is 0 Å². The second-order valence-corrected chi connectivity index (χ2v) is 4.33. The zero-order chi connectivity index (χ0) is 12.1. The first-order valence-corrected chi connectivity index (χ1v) is 5.55. The fourth-order valence-corrected chi connectivity index (χ4v) is 1.86. The maximum Gasteiger partial charge on any atom is 0.305 e. The maximum atomic E-state index is 11.6. The monoisotopic (exact) mass is 285 g/mol. The number of rotatable bonds is 4. The van der Waals surface area contributed by atoms with Gasteiger partial charge in [-0.3, -0.25) is 9.59 Å². The van der Waals surface area contributed by atoms with Gasteiger partial charge in [0.2, 0.25) is 0 Å². The first-order chi connectivity index (χ1) is 7.49. The van der Waals surface area contributed by atoms with Gasteiger partial charge in [0.1, 0.15) is 0 Å². The van der Waals surface area contributed by atoms with Crippen molar-refractivity contribution in [3.63, 3.8) is 0 Å². The van der Waals surface area contributed by atoms with E-state index in [9.17, 15) is 9.59 Å². The smallest absolute Gasteiger partial charge is 0.305 e. The molecule has 0 aliphatic heterocycles. The van der Waals surface area contributed by atoms with E-state index in [1.807, 2.05) is 13.0 Å². The highest BCUT2D eigenvalue weighted by molar-refractivity contribution is 9.10. The summed E-state index contributed by atoms with van der Waals surface area (Å²) in [5, 5.41) is 11.0. The van der Waals surface area contributed by atoms with Gasteiger partial charge in [-0.2, -0.15) is 0 Å². The number of carbonyl (C=O) groups is 2. The first kappa shape index (κ1) is 12.7. The number of aryl methyl sites for hydroxylation is 1. The third kappa shape index (κ3) is 4.02. The van der Waals surface area contributed by atoms with Gasteiger partial charge in [0.05, 0.1) is 6.42 Å². The van der Waals surface area contributed by atoms with Gasteiger partial charge in [0.15, 0.2) is 0 Å². The summed E-state index contributed by atoms with van der Waals surface area (Å²) in [6, 6.07) is 5.35. The Morgan fingerprint density at radius 1 is 1.38 bits per heavy atom. The van der Waals surface area contributed by atoms with E-state index in [1.54, 1.807) is 12.1 Å². The van der Waals surface area contributed by atoms with Gasteiger partial charge in [0.25, 0.3) is 5.91 Å². The summed E-state index contributed by atoms with van der Waals surface area (Å²) in [5.41, 5.74) is 1.50. The number of hydrogen-bond donors (Lipinski definition) is 2. The molecule has 0 radical (unpaired) electrons. The molecule has 1 amide bonds. The minimum Gasteiger partial charge on any atom is -0.481 e. The number of carboxylic acids is 1. The third-order valence-electron chi connectivity index (χ3n) is 1.93. The zero-order valence-corrected chi connectivity index (χ0v) is 10.4. The van der Waals surface area contributed by atoms with E-state index in [0.717, 1.165) is 10.0 Å². The van der Waals surface area contributed by atoms with Crippen molar-refractivity contribution < 1.29 is 14.7 Å². The Kier molecular flexibility index (Phi) is 4.49. The van der Waals surface area contributed by atoms with Gasteiger partial charge in [-0.15, -0.1) is 0 Å². The molecule has 0 spiro atoms. The number of halogens is 1. The predicted octanol–water partition coefficient (Wildman–Crippen LogP) is 1.96. The molecular weight excluding hydrogens is 274 g/mol. The molecule has 0 fully saturated rings. The number of hydrogen-bond acceptors (Lipinski definition) is 2. The molecule has 5 heteroatoms. The number of aliphatic carboxylic acids is 1. The molecule has 1 aromatic rings. The van der Waals surface area contributed by atoms with Crippen LogP contribution >= 0.6 is 15.9 Å². The summed E-state index contributed by atoms with van der Waals surface area (Å²) >= 11 is 3.30. The zero-order valence-electron chi connectivity index (χ0n) is 8.79. The normalized spacial score (nSPS) is 9.88. The van der Waals surface area contributed by atoms with Crippen molar-refractivity contribution in [2.45, 2.75) is 13.3 Å². The van der Waals surface area contributed by atoms with Gasteiger partial charge in [-0.05, 0) is 30.7 Å². The highest BCUT2D eigenvalue weighted by Gasteiger charge is 2.07. The van der Waals surface area contributed by atoms with Crippen LogP contribution in [0, 0.1) is 6.92 Å². The molecule has 0 saturated heterocycles. The Labute approximate surface area is 102 Å². The number of benzene rings is 1. The lowest BCUT2D eigenvalue weighted by atomic mass is 10.1. The van der Waals surface area contributed by atoms with Crippen LogP contribution in [-0.4, -0.2) is 23.5 Å². The highest BCUT2D eigenvalue weighted by Crippen LogP contribution is 2.15. The molecule has 0 atom stereocenters. The van der Waals surface area contributed by atoms with Crippen molar-refractivity contribution in [1.29, 1.82) is 0 Å². The van der Waals surface area contributed by atoms with E-state index in [1.165, 1.54) is 0 Å². The van der Waals surface area contributed by atoms with E-state index >= 15 is 0 Å². The molecule has 1 aromatic carbocycles. The summed E-state index contributed by atoms with van der Waals surface area (Å²) in [6.45, 7) is 2.03. The molecule has 86 valence electrons. The Hall–Kier alpha value is -1.36. The largest absolute Gasteiger partial charge is 0.481 e. The van der Waals surface area contributed by atoms with Crippen LogP contribution < -0.4 is 5.32 Å². The van der Waals surface area contributed by atoms with Crippen LogP contribution in [0.5, 0.6) is 0 Å². The molecule has 0 saturated carbocycles. The van der Waals surface area contributed by atoms with Gasteiger partial charge in [0, 0.05) is 16.6 Å². The fourth-order valence-electron chi connectivity index (χ4n) is 1.25. The Bertz CT molecular complexity index is 397. The maximum absolute atomic E-state index is 11.6. The van der Waals surface area contributed by atoms with Crippen molar-refractivity contribution in [2.75, 3.05) is 6.54 Å². The second-order valence-electron chi connectivity index (χ2n) is 3.42. The van der Waals surface area contributed by atoms with Crippen LogP contribution in [0.4, 0.5) is 0 Å². The van der Waals surface area contributed by atoms with Crippen molar-refractivity contribution in [3.8, 4) is 0 Å². The molecule has 0 aliphatic carbocycles. The molecule has 0 aromatic heterocycles. The van der Waals surface area contributed by atoms with E-state index in [2.05, 4.69) is 21.2 Å². The highest BCUT2D eigenvalue weighted by atomic mass is 79.9. The number of amides is 1. The van der Waals surface area contributed by atoms with E-state index in [-0.39, 0.29) is 18.9 Å². The van der Waals surface area contributed by atoms with Crippen molar-refractivity contribution in [3.05, 3.63) is 33.8 Å². The minimum absolute atomic E-state index is 0.0707. The van der Waals surface area contributed by atoms with Crippen LogP contribution in [-0.2, 0) is 4.79 Å². The number of carboxylic acid groups (broad SMARTS) is 1. The van der Waals surface area contributed by atoms with Gasteiger partial charge >= 0.3 is 5.97 Å². The van der Waals surface area contributed by atoms with Crippen LogP contribution in [0.1, 0.15) is 22.3 Å². The summed E-state index contributed by atoms with van der Waals surface area (Å²) in [7, 11) is 0. The Morgan fingerprint density at radius 2 is 2.06 bits per heavy atom. The summed E-state index contributed by atoms with van der Waals surface area (Å²) in [5.74, 6) is -1.18. The number of nitrogens with one attached hydrogen (secondary N) is 1. The summed E-state index contributed by atoms with van der Waals surface area (Å²) in [6.07, 6.45) is -0.0707. The Morgan fingerprint density at radius 3 is 2.62 bits per heavy atom. The average Bonchev–Trinajstić information content (AvgIpc) is 2.15. The van der Waals surface area contributed by atoms with Crippen LogP contribution in [0.2, 0.25) is 0 Å². The number of carbonyl (C=O) groups excluding carboxylic acids is 1. The summed E-state index contributed by atoms with van der Waals surface area (Å²) in [4.78, 5) is 21.9. The third-order valence-corrected chi connectivity index (χ3v) is 2.39. The van der Waals surface area contributed by atoms with Gasteiger partial charge in [-0.25, -0.2) is 0 Å². The molecule has 0 bridgehead atoms. The molecule has 16 heavy (non-hydrogen) atoms. The lowest BCUT2D eigenvalue weighted by Gasteiger charge is -2.05. The molecule has 0 aliphatic rings. The van der Waals surface area contributed by atoms with Gasteiger partial charge < -0.3 is 10.4 Å². The lowest BCUT2D eigenvalue weighted by Crippen LogP contribution is -2.26. The topological polar surface area (TPSA) is 66.4 Å². The summed E-state index contributed by atoms with van der Waals surface area (Å²) < 4.78 is 0.830. The van der Waals surface area contributed by atoms with Crippen LogP contribution in [0.15, 0.2) is 22.7 Å². The van der Waals surface area contributed by atoms with E-state index in [0.29, 0.717) is 5.56 Å². The second kappa shape index (κ2) is 5.65. The van der Waals surface area contributed by atoms with Crippen molar-refractivity contribution in [1.82, 2.24) is 5.32 Å². The standard InChI is InChI=1S/C11H12BrNO3/c1-7-4-8(6-9(12)5-7)11(16)13-3-2-10(14)15/h4-6H,2-3H2,1H3,(H,13,16)(H,14,15). The molecular formula is C11H12BrNO3. The van der Waals surface area contributed by atoms with Crippen LogP contribution in [0.3, 0.4) is 0 Å². The fraction of sp³-hybridized carbons (Fsp3) is 0.273. The van der Waals surface area contributed by atoms with E-state index in [4.69, 9.17) is 5.11 Å².